The summed E-state index contributed by atoms with van der Waals surface area (Å²) in [6.07, 6.45) is 1.92. The van der Waals surface area contributed by atoms with Crippen molar-refractivity contribution in [3.05, 3.63) is 42.0 Å². The van der Waals surface area contributed by atoms with E-state index in [0.717, 1.165) is 11.1 Å². The molecule has 0 heterocycles. The minimum absolute atomic E-state index is 0.199. The molecule has 1 unspecified atom stereocenters. The maximum Gasteiger partial charge on any atom is 0.312 e. The summed E-state index contributed by atoms with van der Waals surface area (Å²) in [5, 5.41) is 0. The first kappa shape index (κ1) is 11.5. The fourth-order valence-corrected chi connectivity index (χ4v) is 1.43. The molecule has 15 heavy (non-hydrogen) atoms. The Hall–Kier alpha value is -1.57. The maximum atomic E-state index is 11.2. The first-order chi connectivity index (χ1) is 7.15. The fraction of sp³-hybridized carbons (Fsp3) is 0.308. The number of ether oxygens (including phenoxy) is 1. The molecule has 0 amide bonds. The Balaban J connectivity index is 2.80. The van der Waals surface area contributed by atoms with E-state index in [9.17, 15) is 4.79 Å². The summed E-state index contributed by atoms with van der Waals surface area (Å²) < 4.78 is 4.67. The SMILES string of the molecule is COC(=O)C(C)/C=C(\C)c1ccccc1. The number of hydrogen-bond acceptors (Lipinski definition) is 2. The molecule has 0 saturated heterocycles. The summed E-state index contributed by atoms with van der Waals surface area (Å²) in [6.45, 7) is 3.83. The van der Waals surface area contributed by atoms with Crippen molar-refractivity contribution in [2.24, 2.45) is 5.92 Å². The van der Waals surface area contributed by atoms with Crippen LogP contribution >= 0.6 is 0 Å². The van der Waals surface area contributed by atoms with Crippen molar-refractivity contribution >= 4 is 11.5 Å². The monoisotopic (exact) mass is 204 g/mol. The van der Waals surface area contributed by atoms with Crippen molar-refractivity contribution in [3.63, 3.8) is 0 Å². The second-order valence-electron chi connectivity index (χ2n) is 3.53. The minimum atomic E-state index is -0.203. The smallest absolute Gasteiger partial charge is 0.312 e. The molecule has 0 fully saturated rings. The molecule has 0 bridgehead atoms. The molecule has 1 aromatic rings. The molecule has 2 heteroatoms. The minimum Gasteiger partial charge on any atom is -0.469 e. The van der Waals surface area contributed by atoms with Gasteiger partial charge in [0.2, 0.25) is 0 Å². The van der Waals surface area contributed by atoms with Crippen LogP contribution in [0.25, 0.3) is 5.57 Å². The molecule has 0 aliphatic heterocycles. The van der Waals surface area contributed by atoms with E-state index in [2.05, 4.69) is 4.74 Å². The highest BCUT2D eigenvalue weighted by Gasteiger charge is 2.10. The van der Waals surface area contributed by atoms with E-state index < -0.39 is 0 Å². The fourth-order valence-electron chi connectivity index (χ4n) is 1.43. The second kappa shape index (κ2) is 5.35. The molecule has 1 rings (SSSR count). The van der Waals surface area contributed by atoms with Crippen LogP contribution in [0.3, 0.4) is 0 Å². The van der Waals surface area contributed by atoms with Crippen LogP contribution in [0.2, 0.25) is 0 Å². The zero-order valence-corrected chi connectivity index (χ0v) is 9.36. The zero-order chi connectivity index (χ0) is 11.3. The Morgan fingerprint density at radius 2 is 1.93 bits per heavy atom. The third kappa shape index (κ3) is 3.24. The molecule has 0 spiro atoms. The van der Waals surface area contributed by atoms with Gasteiger partial charge in [0.25, 0.3) is 0 Å². The van der Waals surface area contributed by atoms with Gasteiger partial charge in [-0.2, -0.15) is 0 Å². The number of methoxy groups -OCH3 is 1. The Labute approximate surface area is 90.6 Å². The van der Waals surface area contributed by atoms with Gasteiger partial charge in [0.05, 0.1) is 13.0 Å². The van der Waals surface area contributed by atoms with E-state index in [1.165, 1.54) is 7.11 Å². The van der Waals surface area contributed by atoms with Crippen LogP contribution < -0.4 is 0 Å². The lowest BCUT2D eigenvalue weighted by molar-refractivity contribution is -0.143. The van der Waals surface area contributed by atoms with E-state index in [1.807, 2.05) is 50.3 Å². The number of hydrogen-bond donors (Lipinski definition) is 0. The van der Waals surface area contributed by atoms with Crippen molar-refractivity contribution in [3.8, 4) is 0 Å². The Kier molecular flexibility index (Phi) is 4.10. The van der Waals surface area contributed by atoms with Crippen molar-refractivity contribution in [2.45, 2.75) is 13.8 Å². The number of carbonyl (C=O) groups excluding carboxylic acids is 1. The average molecular weight is 204 g/mol. The highest BCUT2D eigenvalue weighted by molar-refractivity contribution is 5.77. The van der Waals surface area contributed by atoms with E-state index >= 15 is 0 Å². The van der Waals surface area contributed by atoms with E-state index in [1.54, 1.807) is 0 Å². The maximum absolute atomic E-state index is 11.2. The van der Waals surface area contributed by atoms with Gasteiger partial charge >= 0.3 is 5.97 Å². The number of allylic oxidation sites excluding steroid dienone is 1. The average Bonchev–Trinajstić information content (AvgIpc) is 2.29. The molecule has 80 valence electrons. The van der Waals surface area contributed by atoms with Crippen LogP contribution in [0, 0.1) is 5.92 Å². The van der Waals surface area contributed by atoms with Gasteiger partial charge in [-0.25, -0.2) is 0 Å². The standard InChI is InChI=1S/C13H16O2/c1-10(9-11(2)13(14)15-3)12-7-5-4-6-8-12/h4-9,11H,1-3H3/b10-9+. The van der Waals surface area contributed by atoms with Crippen molar-refractivity contribution in [1.82, 2.24) is 0 Å². The van der Waals surface area contributed by atoms with Gasteiger partial charge in [-0.1, -0.05) is 36.4 Å². The van der Waals surface area contributed by atoms with Crippen LogP contribution in [0.15, 0.2) is 36.4 Å². The highest BCUT2D eigenvalue weighted by atomic mass is 16.5. The van der Waals surface area contributed by atoms with E-state index in [0.29, 0.717) is 0 Å². The highest BCUT2D eigenvalue weighted by Crippen LogP contribution is 2.16. The predicted molar refractivity (Wildman–Crippen MR) is 61.3 cm³/mol. The van der Waals surface area contributed by atoms with Gasteiger partial charge in [-0.05, 0) is 25.0 Å². The lowest BCUT2D eigenvalue weighted by atomic mass is 10.0. The molecule has 0 aliphatic carbocycles. The molecule has 0 aliphatic rings. The van der Waals surface area contributed by atoms with Gasteiger partial charge in [0.15, 0.2) is 0 Å². The zero-order valence-electron chi connectivity index (χ0n) is 9.36. The third-order valence-electron chi connectivity index (χ3n) is 2.30. The second-order valence-corrected chi connectivity index (χ2v) is 3.53. The quantitative estimate of drug-likeness (QED) is 0.708. The molecular weight excluding hydrogens is 188 g/mol. The molecule has 0 N–H and O–H groups in total. The number of rotatable bonds is 3. The lowest BCUT2D eigenvalue weighted by Crippen LogP contribution is -2.10. The number of esters is 1. The summed E-state index contributed by atoms with van der Waals surface area (Å²) >= 11 is 0. The van der Waals surface area contributed by atoms with E-state index in [-0.39, 0.29) is 11.9 Å². The first-order valence-electron chi connectivity index (χ1n) is 4.97. The van der Waals surface area contributed by atoms with Crippen LogP contribution in [0.4, 0.5) is 0 Å². The van der Waals surface area contributed by atoms with Gasteiger partial charge in [0.1, 0.15) is 0 Å². The predicted octanol–water partition coefficient (Wildman–Crippen LogP) is 2.90. The first-order valence-corrected chi connectivity index (χ1v) is 4.97. The summed E-state index contributed by atoms with van der Waals surface area (Å²) in [4.78, 5) is 11.2. The number of benzene rings is 1. The van der Waals surface area contributed by atoms with Crippen LogP contribution in [-0.2, 0) is 9.53 Å². The summed E-state index contributed by atoms with van der Waals surface area (Å²) in [7, 11) is 1.41. The van der Waals surface area contributed by atoms with Crippen LogP contribution in [-0.4, -0.2) is 13.1 Å². The molecule has 0 radical (unpaired) electrons. The third-order valence-corrected chi connectivity index (χ3v) is 2.30. The lowest BCUT2D eigenvalue weighted by Gasteiger charge is -2.06. The van der Waals surface area contributed by atoms with Gasteiger partial charge < -0.3 is 4.74 Å². The summed E-state index contributed by atoms with van der Waals surface area (Å²) in [5.41, 5.74) is 2.22. The normalized spacial score (nSPS) is 13.4. The van der Waals surface area contributed by atoms with Gasteiger partial charge in [-0.15, -0.1) is 0 Å². The molecule has 2 nitrogen and oxygen atoms in total. The van der Waals surface area contributed by atoms with Crippen molar-refractivity contribution in [2.75, 3.05) is 7.11 Å². The number of carbonyl (C=O) groups is 1. The molecular formula is C13H16O2. The molecule has 0 saturated carbocycles. The Bertz CT molecular complexity index is 352. The van der Waals surface area contributed by atoms with Crippen LogP contribution in [0.1, 0.15) is 19.4 Å². The topological polar surface area (TPSA) is 26.3 Å². The van der Waals surface area contributed by atoms with Crippen molar-refractivity contribution < 1.29 is 9.53 Å². The molecule has 0 aromatic heterocycles. The Morgan fingerprint density at radius 1 is 1.33 bits per heavy atom. The van der Waals surface area contributed by atoms with E-state index in [4.69, 9.17) is 0 Å². The van der Waals surface area contributed by atoms with Gasteiger partial charge in [0, 0.05) is 0 Å². The summed E-state index contributed by atoms with van der Waals surface area (Å²) in [5.74, 6) is -0.402. The van der Waals surface area contributed by atoms with Crippen molar-refractivity contribution in [1.29, 1.82) is 0 Å². The largest absolute Gasteiger partial charge is 0.469 e. The Morgan fingerprint density at radius 3 is 2.47 bits per heavy atom. The van der Waals surface area contributed by atoms with Gasteiger partial charge in [-0.3, -0.25) is 4.79 Å². The van der Waals surface area contributed by atoms with Crippen LogP contribution in [0.5, 0.6) is 0 Å². The molecule has 1 atom stereocenters. The molecule has 1 aromatic carbocycles. The summed E-state index contributed by atoms with van der Waals surface area (Å²) in [6, 6.07) is 9.98.